The van der Waals surface area contributed by atoms with E-state index in [1.54, 1.807) is 25.1 Å². The first-order valence-corrected chi connectivity index (χ1v) is 10.4. The van der Waals surface area contributed by atoms with Gasteiger partial charge < -0.3 is 5.32 Å². The van der Waals surface area contributed by atoms with E-state index in [0.717, 1.165) is 23.8 Å². The molecule has 1 amide bonds. The number of amides is 1. The van der Waals surface area contributed by atoms with Crippen LogP contribution in [0.3, 0.4) is 0 Å². The molecule has 5 nitrogen and oxygen atoms in total. The van der Waals surface area contributed by atoms with Crippen LogP contribution in [0.15, 0.2) is 42.5 Å². The number of nitrogens with zero attached hydrogens (tertiary/aromatic N) is 1. The molecule has 2 aromatic carbocycles. The molecule has 0 aliphatic rings. The average molecular weight is 375 g/mol. The number of hydrogen-bond acceptors (Lipinski definition) is 3. The molecule has 0 saturated carbocycles. The number of carbonyl (C=O) groups is 1. The number of carbonyl (C=O) groups excluding carboxylic acids is 1. The molecule has 0 aliphatic heterocycles. The molecule has 0 fully saturated rings. The van der Waals surface area contributed by atoms with E-state index >= 15 is 0 Å². The second-order valence-electron chi connectivity index (χ2n) is 6.52. The van der Waals surface area contributed by atoms with Crippen molar-refractivity contribution in [1.82, 2.24) is 5.32 Å². The Bertz CT molecular complexity index is 890. The lowest BCUT2D eigenvalue weighted by atomic mass is 10.0. The summed E-state index contributed by atoms with van der Waals surface area (Å²) in [6.07, 6.45) is 2.13. The normalized spacial score (nSPS) is 12.5. The topological polar surface area (TPSA) is 66.5 Å². The fourth-order valence-electron chi connectivity index (χ4n) is 2.73. The third-order valence-corrected chi connectivity index (χ3v) is 5.72. The van der Waals surface area contributed by atoms with Gasteiger partial charge in [0, 0.05) is 12.6 Å². The maximum Gasteiger partial charge on any atom is 0.251 e. The van der Waals surface area contributed by atoms with E-state index in [0.29, 0.717) is 11.3 Å². The summed E-state index contributed by atoms with van der Waals surface area (Å²) in [6.45, 7) is 5.84. The van der Waals surface area contributed by atoms with E-state index in [1.807, 2.05) is 19.1 Å². The molecule has 0 aliphatic carbocycles. The fraction of sp³-hybridized carbons (Fsp3) is 0.350. The number of rotatable bonds is 6. The van der Waals surface area contributed by atoms with E-state index in [2.05, 4.69) is 24.4 Å². The van der Waals surface area contributed by atoms with Gasteiger partial charge in [-0.25, -0.2) is 8.42 Å². The van der Waals surface area contributed by atoms with Gasteiger partial charge in [0.2, 0.25) is 10.0 Å². The minimum atomic E-state index is -3.34. The highest BCUT2D eigenvalue weighted by Gasteiger charge is 2.17. The van der Waals surface area contributed by atoms with Gasteiger partial charge in [-0.1, -0.05) is 31.2 Å². The second-order valence-corrected chi connectivity index (χ2v) is 8.54. The van der Waals surface area contributed by atoms with Gasteiger partial charge >= 0.3 is 0 Å². The molecule has 1 N–H and O–H groups in total. The summed E-state index contributed by atoms with van der Waals surface area (Å²) in [5, 5.41) is 2.99. The van der Waals surface area contributed by atoms with Crippen LogP contribution in [-0.2, 0) is 16.4 Å². The Morgan fingerprint density at radius 1 is 1.15 bits per heavy atom. The third-order valence-electron chi connectivity index (χ3n) is 4.53. The molecule has 0 spiro atoms. The van der Waals surface area contributed by atoms with Gasteiger partial charge in [0.1, 0.15) is 0 Å². The van der Waals surface area contributed by atoms with E-state index in [-0.39, 0.29) is 11.9 Å². The van der Waals surface area contributed by atoms with Gasteiger partial charge in [0.25, 0.3) is 5.91 Å². The molecule has 0 aromatic heterocycles. The van der Waals surface area contributed by atoms with Crippen LogP contribution in [0.1, 0.15) is 46.9 Å². The van der Waals surface area contributed by atoms with Crippen LogP contribution in [0.2, 0.25) is 0 Å². The second kappa shape index (κ2) is 7.91. The summed E-state index contributed by atoms with van der Waals surface area (Å²) < 4.78 is 24.6. The minimum absolute atomic E-state index is 0.118. The van der Waals surface area contributed by atoms with Gasteiger partial charge in [-0.05, 0) is 55.2 Å². The van der Waals surface area contributed by atoms with Crippen molar-refractivity contribution in [2.45, 2.75) is 33.2 Å². The number of sulfonamides is 1. The van der Waals surface area contributed by atoms with E-state index < -0.39 is 10.0 Å². The number of benzene rings is 2. The molecule has 2 rings (SSSR count). The Labute approximate surface area is 156 Å². The lowest BCUT2D eigenvalue weighted by Crippen LogP contribution is -2.28. The quantitative estimate of drug-likeness (QED) is 0.842. The predicted octanol–water partition coefficient (Wildman–Crippen LogP) is 3.44. The van der Waals surface area contributed by atoms with Crippen molar-refractivity contribution < 1.29 is 13.2 Å². The first kappa shape index (κ1) is 20.0. The monoisotopic (exact) mass is 374 g/mol. The summed E-state index contributed by atoms with van der Waals surface area (Å²) in [4.78, 5) is 12.5. The Morgan fingerprint density at radius 2 is 1.77 bits per heavy atom. The molecular weight excluding hydrogens is 348 g/mol. The minimum Gasteiger partial charge on any atom is -0.346 e. The number of aryl methyl sites for hydroxylation is 2. The van der Waals surface area contributed by atoms with Gasteiger partial charge in [-0.3, -0.25) is 9.10 Å². The summed E-state index contributed by atoms with van der Waals surface area (Å²) in [6, 6.07) is 13.1. The molecule has 6 heteroatoms. The first-order valence-electron chi connectivity index (χ1n) is 8.57. The smallest absolute Gasteiger partial charge is 0.251 e. The van der Waals surface area contributed by atoms with Crippen LogP contribution < -0.4 is 9.62 Å². The zero-order valence-electron chi connectivity index (χ0n) is 15.9. The zero-order chi connectivity index (χ0) is 19.5. The lowest BCUT2D eigenvalue weighted by Gasteiger charge is -2.20. The summed E-state index contributed by atoms with van der Waals surface area (Å²) >= 11 is 0. The molecule has 0 heterocycles. The number of anilines is 1. The van der Waals surface area contributed by atoms with Crippen molar-refractivity contribution in [3.8, 4) is 0 Å². The van der Waals surface area contributed by atoms with Crippen LogP contribution in [0.4, 0.5) is 5.69 Å². The Morgan fingerprint density at radius 3 is 2.27 bits per heavy atom. The van der Waals surface area contributed by atoms with E-state index in [1.165, 1.54) is 16.9 Å². The highest BCUT2D eigenvalue weighted by Crippen LogP contribution is 2.23. The standard InChI is InChI=1S/C20H26N2O3S/c1-6-16-7-9-17(10-8-16)15(3)21-20(23)18-11-12-19(14(2)13-18)22(4)26(5,24)25/h7-13,15H,6H2,1-5H3,(H,21,23). The molecule has 1 unspecified atom stereocenters. The van der Waals surface area contributed by atoms with Crippen LogP contribution in [0.5, 0.6) is 0 Å². The Balaban J connectivity index is 2.15. The van der Waals surface area contributed by atoms with Gasteiger partial charge in [-0.2, -0.15) is 0 Å². The van der Waals surface area contributed by atoms with Crippen molar-refractivity contribution in [3.63, 3.8) is 0 Å². The zero-order valence-corrected chi connectivity index (χ0v) is 16.7. The molecular formula is C20H26N2O3S. The molecule has 0 saturated heterocycles. The van der Waals surface area contributed by atoms with E-state index in [4.69, 9.17) is 0 Å². The van der Waals surface area contributed by atoms with Crippen molar-refractivity contribution in [1.29, 1.82) is 0 Å². The maximum atomic E-state index is 12.5. The Kier molecular flexibility index (Phi) is 6.08. The summed E-state index contributed by atoms with van der Waals surface area (Å²) in [7, 11) is -1.84. The molecule has 2 aromatic rings. The lowest BCUT2D eigenvalue weighted by molar-refractivity contribution is 0.0940. The predicted molar refractivity (Wildman–Crippen MR) is 106 cm³/mol. The van der Waals surface area contributed by atoms with Crippen molar-refractivity contribution in [2.24, 2.45) is 0 Å². The SMILES string of the molecule is CCc1ccc(C(C)NC(=O)c2ccc(N(C)S(C)(=O)=O)c(C)c2)cc1. The van der Waals surface area contributed by atoms with Gasteiger partial charge in [0.05, 0.1) is 18.0 Å². The van der Waals surface area contributed by atoms with Crippen LogP contribution in [-0.4, -0.2) is 27.6 Å². The molecule has 140 valence electrons. The largest absolute Gasteiger partial charge is 0.346 e. The highest BCUT2D eigenvalue weighted by atomic mass is 32.2. The average Bonchev–Trinajstić information content (AvgIpc) is 2.60. The van der Waals surface area contributed by atoms with Crippen molar-refractivity contribution in [2.75, 3.05) is 17.6 Å². The summed E-state index contributed by atoms with van der Waals surface area (Å²) in [5.74, 6) is -0.186. The van der Waals surface area contributed by atoms with Crippen molar-refractivity contribution in [3.05, 3.63) is 64.7 Å². The van der Waals surface area contributed by atoms with Crippen molar-refractivity contribution >= 4 is 21.6 Å². The highest BCUT2D eigenvalue weighted by molar-refractivity contribution is 7.92. The third kappa shape index (κ3) is 4.64. The van der Waals surface area contributed by atoms with Crippen LogP contribution >= 0.6 is 0 Å². The fourth-order valence-corrected chi connectivity index (χ4v) is 3.30. The molecule has 0 radical (unpaired) electrons. The molecule has 26 heavy (non-hydrogen) atoms. The number of hydrogen-bond donors (Lipinski definition) is 1. The van der Waals surface area contributed by atoms with Crippen LogP contribution in [0, 0.1) is 6.92 Å². The van der Waals surface area contributed by atoms with Gasteiger partial charge in [-0.15, -0.1) is 0 Å². The molecule has 1 atom stereocenters. The molecule has 0 bridgehead atoms. The number of nitrogens with one attached hydrogen (secondary N) is 1. The summed E-state index contributed by atoms with van der Waals surface area (Å²) in [5.41, 5.74) is 4.09. The Hall–Kier alpha value is -2.34. The van der Waals surface area contributed by atoms with E-state index in [9.17, 15) is 13.2 Å². The first-order chi connectivity index (χ1) is 12.1. The van der Waals surface area contributed by atoms with Crippen LogP contribution in [0.25, 0.3) is 0 Å². The van der Waals surface area contributed by atoms with Gasteiger partial charge in [0.15, 0.2) is 0 Å². The maximum absolute atomic E-state index is 12.5.